The van der Waals surface area contributed by atoms with Crippen LogP contribution >= 0.6 is 0 Å². The summed E-state index contributed by atoms with van der Waals surface area (Å²) in [4.78, 5) is 13.6. The minimum atomic E-state index is -0.520. The number of carbonyl (C=O) groups excluding carboxylic acids is 1. The topological polar surface area (TPSA) is 83.1 Å². The van der Waals surface area contributed by atoms with Crippen molar-refractivity contribution in [2.45, 2.75) is 6.23 Å². The van der Waals surface area contributed by atoms with Crippen molar-refractivity contribution in [3.05, 3.63) is 42.2 Å². The van der Waals surface area contributed by atoms with Crippen LogP contribution in [0.1, 0.15) is 0 Å². The molecular formula is C16H14FN5O2. The van der Waals surface area contributed by atoms with E-state index in [2.05, 4.69) is 20.7 Å². The van der Waals surface area contributed by atoms with Gasteiger partial charge in [0.2, 0.25) is 0 Å². The lowest BCUT2D eigenvalue weighted by atomic mass is 10.0. The van der Waals surface area contributed by atoms with Crippen molar-refractivity contribution < 1.29 is 13.9 Å². The number of para-hydroxylation sites is 1. The number of hydrogen-bond acceptors (Lipinski definition) is 5. The van der Waals surface area contributed by atoms with Crippen LogP contribution in [-0.2, 0) is 4.74 Å². The predicted octanol–water partition coefficient (Wildman–Crippen LogP) is 2.27. The van der Waals surface area contributed by atoms with E-state index in [0.29, 0.717) is 34.4 Å². The second-order valence-corrected chi connectivity index (χ2v) is 5.40. The molecule has 1 aromatic heterocycles. The Morgan fingerprint density at radius 1 is 1.29 bits per heavy atom. The minimum Gasteiger partial charge on any atom is -0.428 e. The summed E-state index contributed by atoms with van der Waals surface area (Å²) in [6.07, 6.45) is -0.954. The lowest BCUT2D eigenvalue weighted by molar-refractivity contribution is 0.128. The zero-order valence-corrected chi connectivity index (χ0v) is 12.8. The number of halogens is 1. The van der Waals surface area contributed by atoms with E-state index in [1.165, 1.54) is 11.0 Å². The van der Waals surface area contributed by atoms with Gasteiger partial charge in [-0.25, -0.2) is 9.18 Å². The van der Waals surface area contributed by atoms with E-state index in [0.717, 1.165) is 0 Å². The Labute approximate surface area is 136 Å². The van der Waals surface area contributed by atoms with Crippen molar-refractivity contribution in [1.29, 1.82) is 0 Å². The molecule has 0 radical (unpaired) electrons. The molecule has 0 saturated carbocycles. The van der Waals surface area contributed by atoms with Crippen molar-refractivity contribution in [2.75, 3.05) is 18.5 Å². The van der Waals surface area contributed by atoms with Crippen molar-refractivity contribution in [2.24, 2.45) is 0 Å². The van der Waals surface area contributed by atoms with Gasteiger partial charge in [-0.3, -0.25) is 10.2 Å². The maximum atomic E-state index is 14.7. The summed E-state index contributed by atoms with van der Waals surface area (Å²) >= 11 is 0. The van der Waals surface area contributed by atoms with E-state index < -0.39 is 18.1 Å². The smallest absolute Gasteiger partial charge is 0.416 e. The Balaban J connectivity index is 1.91. The van der Waals surface area contributed by atoms with Gasteiger partial charge in [-0.1, -0.05) is 18.2 Å². The summed E-state index contributed by atoms with van der Waals surface area (Å²) in [7, 11) is 1.70. The monoisotopic (exact) mass is 327 g/mol. The van der Waals surface area contributed by atoms with Crippen LogP contribution in [0.25, 0.3) is 22.2 Å². The van der Waals surface area contributed by atoms with Gasteiger partial charge in [0, 0.05) is 11.1 Å². The summed E-state index contributed by atoms with van der Waals surface area (Å²) in [6, 6.07) is 9.92. The molecule has 7 nitrogen and oxygen atoms in total. The van der Waals surface area contributed by atoms with Gasteiger partial charge in [-0.15, -0.1) is 0 Å². The van der Waals surface area contributed by atoms with Crippen molar-refractivity contribution in [3.63, 3.8) is 0 Å². The normalized spacial score (nSPS) is 17.5. The zero-order chi connectivity index (χ0) is 16.7. The standard InChI is InChI=1S/C16H14FN5O2/c1-18-13-8-22(16(23)24-13)12-7-3-5-10(17)14(12)9-4-2-6-11-15(9)20-21-19-11/h2-7,13,18H,8H2,1H3,(H,19,20,21)/t13-/m0/s1. The first-order valence-electron chi connectivity index (χ1n) is 7.43. The molecule has 8 heteroatoms. The van der Waals surface area contributed by atoms with Crippen molar-refractivity contribution in [1.82, 2.24) is 20.7 Å². The Hall–Kier alpha value is -3.00. The van der Waals surface area contributed by atoms with E-state index in [1.54, 1.807) is 37.4 Å². The SMILES string of the molecule is CN[C@@H]1CN(c2cccc(F)c2-c2cccc3n[nH]nc23)C(=O)O1. The molecule has 1 saturated heterocycles. The molecule has 122 valence electrons. The summed E-state index contributed by atoms with van der Waals surface area (Å²) in [5, 5.41) is 13.6. The number of nitrogens with zero attached hydrogens (tertiary/aromatic N) is 3. The maximum absolute atomic E-state index is 14.7. The quantitative estimate of drug-likeness (QED) is 0.771. The number of aromatic nitrogens is 3. The number of cyclic esters (lactones) is 1. The fourth-order valence-corrected chi connectivity index (χ4v) is 2.88. The van der Waals surface area contributed by atoms with Gasteiger partial charge in [0.05, 0.1) is 12.2 Å². The number of fused-ring (bicyclic) bond motifs is 1. The number of nitrogens with one attached hydrogen (secondary N) is 2. The number of H-pyrrole nitrogens is 1. The van der Waals surface area contributed by atoms with Gasteiger partial charge in [0.15, 0.2) is 6.23 Å². The number of likely N-dealkylation sites (N-methyl/N-ethyl adjacent to an activating group) is 1. The Morgan fingerprint density at radius 2 is 2.12 bits per heavy atom. The Bertz CT molecular complexity index is 926. The van der Waals surface area contributed by atoms with Crippen molar-refractivity contribution >= 4 is 22.8 Å². The van der Waals surface area contributed by atoms with Gasteiger partial charge >= 0.3 is 6.09 Å². The lowest BCUT2D eigenvalue weighted by Gasteiger charge is -2.18. The number of benzene rings is 2. The molecule has 1 atom stereocenters. The third-order valence-corrected chi connectivity index (χ3v) is 4.03. The second kappa shape index (κ2) is 5.57. The number of amides is 1. The highest BCUT2D eigenvalue weighted by atomic mass is 19.1. The molecule has 0 aliphatic carbocycles. The van der Waals surface area contributed by atoms with Crippen LogP contribution in [0.3, 0.4) is 0 Å². The Kier molecular flexibility index (Phi) is 3.39. The molecule has 1 amide bonds. The highest BCUT2D eigenvalue weighted by molar-refractivity contribution is 6.00. The van der Waals surface area contributed by atoms with Crippen LogP contribution < -0.4 is 10.2 Å². The third-order valence-electron chi connectivity index (χ3n) is 4.03. The fraction of sp³-hybridized carbons (Fsp3) is 0.188. The maximum Gasteiger partial charge on any atom is 0.416 e. The van der Waals surface area contributed by atoms with Gasteiger partial charge in [-0.05, 0) is 25.2 Å². The molecule has 2 aromatic carbocycles. The van der Waals surface area contributed by atoms with Crippen LogP contribution in [-0.4, -0.2) is 41.3 Å². The molecular weight excluding hydrogens is 313 g/mol. The van der Waals surface area contributed by atoms with Gasteiger partial charge < -0.3 is 4.74 Å². The third kappa shape index (κ3) is 2.19. The predicted molar refractivity (Wildman–Crippen MR) is 86.0 cm³/mol. The summed E-state index contributed by atoms with van der Waals surface area (Å²) < 4.78 is 19.9. The average molecular weight is 327 g/mol. The number of carbonyl (C=O) groups is 1. The van der Waals surface area contributed by atoms with E-state index in [9.17, 15) is 9.18 Å². The number of rotatable bonds is 3. The largest absolute Gasteiger partial charge is 0.428 e. The van der Waals surface area contributed by atoms with Crippen molar-refractivity contribution in [3.8, 4) is 11.1 Å². The fourth-order valence-electron chi connectivity index (χ4n) is 2.88. The van der Waals surface area contributed by atoms with E-state index in [1.807, 2.05) is 0 Å². The average Bonchev–Trinajstić information content (AvgIpc) is 3.20. The molecule has 0 bridgehead atoms. The molecule has 3 aromatic rings. The van der Waals surface area contributed by atoms with Crippen LogP contribution in [0.15, 0.2) is 36.4 Å². The molecule has 1 fully saturated rings. The molecule has 24 heavy (non-hydrogen) atoms. The van der Waals surface area contributed by atoms with Gasteiger partial charge in [-0.2, -0.15) is 15.4 Å². The number of anilines is 1. The first-order valence-corrected chi connectivity index (χ1v) is 7.43. The lowest BCUT2D eigenvalue weighted by Crippen LogP contribution is -2.30. The first kappa shape index (κ1) is 14.6. The summed E-state index contributed by atoms with van der Waals surface area (Å²) in [6.45, 7) is 0.292. The summed E-state index contributed by atoms with van der Waals surface area (Å²) in [5.74, 6) is -0.441. The Morgan fingerprint density at radius 3 is 2.92 bits per heavy atom. The molecule has 1 aliphatic rings. The molecule has 2 N–H and O–H groups in total. The number of aromatic amines is 1. The van der Waals surface area contributed by atoms with Gasteiger partial charge in [0.1, 0.15) is 16.9 Å². The first-order chi connectivity index (χ1) is 11.7. The second-order valence-electron chi connectivity index (χ2n) is 5.40. The van der Waals surface area contributed by atoms with Crippen LogP contribution in [0.2, 0.25) is 0 Å². The van der Waals surface area contributed by atoms with Gasteiger partial charge in [0.25, 0.3) is 0 Å². The molecule has 0 unspecified atom stereocenters. The van der Waals surface area contributed by atoms with Crippen LogP contribution in [0, 0.1) is 5.82 Å². The number of ether oxygens (including phenoxy) is 1. The molecule has 2 heterocycles. The number of hydrogen-bond donors (Lipinski definition) is 2. The van der Waals surface area contributed by atoms with E-state index >= 15 is 0 Å². The van der Waals surface area contributed by atoms with E-state index in [-0.39, 0.29) is 0 Å². The highest BCUT2D eigenvalue weighted by Crippen LogP contribution is 2.37. The highest BCUT2D eigenvalue weighted by Gasteiger charge is 2.33. The van der Waals surface area contributed by atoms with Crippen LogP contribution in [0.5, 0.6) is 0 Å². The molecule has 1 aliphatic heterocycles. The minimum absolute atomic E-state index is 0.292. The van der Waals surface area contributed by atoms with E-state index in [4.69, 9.17) is 4.74 Å². The zero-order valence-electron chi connectivity index (χ0n) is 12.8. The van der Waals surface area contributed by atoms with Crippen LogP contribution in [0.4, 0.5) is 14.9 Å². The molecule has 0 spiro atoms. The molecule has 4 rings (SSSR count). The summed E-state index contributed by atoms with van der Waals surface area (Å²) in [5.41, 5.74) is 2.47.